The topological polar surface area (TPSA) is 58.6 Å². The Bertz CT molecular complexity index is 552. The van der Waals surface area contributed by atoms with Crippen LogP contribution >= 0.6 is 23.2 Å². The molecule has 1 amide bonds. The fourth-order valence-corrected chi connectivity index (χ4v) is 3.66. The lowest BCUT2D eigenvalue weighted by Crippen LogP contribution is -2.38. The third-order valence-corrected chi connectivity index (χ3v) is 4.80. The highest BCUT2D eigenvalue weighted by atomic mass is 35.5. The van der Waals surface area contributed by atoms with Crippen molar-refractivity contribution in [2.75, 3.05) is 6.54 Å². The van der Waals surface area contributed by atoms with Crippen molar-refractivity contribution >= 4 is 29.1 Å². The van der Waals surface area contributed by atoms with E-state index in [2.05, 4.69) is 5.32 Å². The second kappa shape index (κ2) is 6.13. The standard InChI is InChI=1S/C15H17Cl2NO3/c16-8-1-3-10(12(17)5-8)13(19)7-18-15(20)11-6-9-2-4-14(11)21-9/h1,3,5,9,11,13-14,19H,2,4,6-7H2,(H,18,20). The molecule has 0 radical (unpaired) electrons. The summed E-state index contributed by atoms with van der Waals surface area (Å²) in [5.41, 5.74) is 0.561. The fraction of sp³-hybridized carbons (Fsp3) is 0.533. The third-order valence-electron chi connectivity index (χ3n) is 4.23. The molecule has 2 saturated heterocycles. The van der Waals surface area contributed by atoms with Gasteiger partial charge >= 0.3 is 0 Å². The van der Waals surface area contributed by atoms with Crippen LogP contribution in [0.2, 0.25) is 10.0 Å². The van der Waals surface area contributed by atoms with Gasteiger partial charge in [0.05, 0.1) is 24.2 Å². The summed E-state index contributed by atoms with van der Waals surface area (Å²) in [7, 11) is 0. The number of amides is 1. The Morgan fingerprint density at radius 1 is 1.43 bits per heavy atom. The van der Waals surface area contributed by atoms with Gasteiger partial charge in [0, 0.05) is 22.2 Å². The molecule has 2 heterocycles. The van der Waals surface area contributed by atoms with Crippen LogP contribution in [0.15, 0.2) is 18.2 Å². The van der Waals surface area contributed by atoms with Crippen LogP contribution in [0.5, 0.6) is 0 Å². The first-order valence-corrected chi connectivity index (χ1v) is 7.86. The Labute approximate surface area is 133 Å². The Kier molecular flexibility index (Phi) is 4.41. The molecule has 4 unspecified atom stereocenters. The van der Waals surface area contributed by atoms with Crippen molar-refractivity contribution in [1.29, 1.82) is 0 Å². The van der Waals surface area contributed by atoms with Crippen molar-refractivity contribution in [2.24, 2.45) is 5.92 Å². The number of hydrogen-bond acceptors (Lipinski definition) is 3. The van der Waals surface area contributed by atoms with Crippen molar-refractivity contribution < 1.29 is 14.6 Å². The molecule has 2 bridgehead atoms. The number of fused-ring (bicyclic) bond motifs is 2. The van der Waals surface area contributed by atoms with Crippen LogP contribution in [0.25, 0.3) is 0 Å². The largest absolute Gasteiger partial charge is 0.387 e. The summed E-state index contributed by atoms with van der Waals surface area (Å²) in [6, 6.07) is 4.91. The van der Waals surface area contributed by atoms with E-state index in [9.17, 15) is 9.90 Å². The van der Waals surface area contributed by atoms with Gasteiger partial charge in [0.15, 0.2) is 0 Å². The van der Waals surface area contributed by atoms with Gasteiger partial charge in [0.2, 0.25) is 5.91 Å². The highest BCUT2D eigenvalue weighted by molar-refractivity contribution is 6.35. The molecule has 114 valence electrons. The maximum Gasteiger partial charge on any atom is 0.225 e. The molecule has 3 rings (SSSR count). The minimum Gasteiger partial charge on any atom is -0.387 e. The average Bonchev–Trinajstić information content (AvgIpc) is 3.07. The van der Waals surface area contributed by atoms with Gasteiger partial charge in [-0.1, -0.05) is 29.3 Å². The summed E-state index contributed by atoms with van der Waals surface area (Å²) < 4.78 is 5.67. The third kappa shape index (κ3) is 3.19. The molecule has 4 nitrogen and oxygen atoms in total. The molecule has 2 aliphatic rings. The maximum absolute atomic E-state index is 12.2. The van der Waals surface area contributed by atoms with E-state index < -0.39 is 6.10 Å². The summed E-state index contributed by atoms with van der Waals surface area (Å²) >= 11 is 11.9. The molecule has 2 aliphatic heterocycles. The maximum atomic E-state index is 12.2. The van der Waals surface area contributed by atoms with Crippen LogP contribution in [0.4, 0.5) is 0 Å². The van der Waals surface area contributed by atoms with E-state index in [0.29, 0.717) is 15.6 Å². The number of aliphatic hydroxyl groups excluding tert-OH is 1. The number of hydrogen-bond donors (Lipinski definition) is 2. The zero-order valence-corrected chi connectivity index (χ0v) is 12.9. The van der Waals surface area contributed by atoms with E-state index >= 15 is 0 Å². The van der Waals surface area contributed by atoms with Gasteiger partial charge in [-0.25, -0.2) is 0 Å². The SMILES string of the molecule is O=C(NCC(O)c1ccc(Cl)cc1Cl)C1CC2CCC1O2. The van der Waals surface area contributed by atoms with E-state index in [1.165, 1.54) is 0 Å². The first kappa shape index (κ1) is 15.1. The van der Waals surface area contributed by atoms with E-state index in [0.717, 1.165) is 19.3 Å². The quantitative estimate of drug-likeness (QED) is 0.892. The van der Waals surface area contributed by atoms with Crippen molar-refractivity contribution in [3.63, 3.8) is 0 Å². The van der Waals surface area contributed by atoms with Gasteiger partial charge in [0.1, 0.15) is 0 Å². The van der Waals surface area contributed by atoms with Crippen LogP contribution in [0.1, 0.15) is 30.9 Å². The smallest absolute Gasteiger partial charge is 0.225 e. The fourth-order valence-electron chi connectivity index (χ4n) is 3.12. The van der Waals surface area contributed by atoms with Crippen molar-refractivity contribution in [3.05, 3.63) is 33.8 Å². The zero-order valence-electron chi connectivity index (χ0n) is 11.4. The first-order valence-electron chi connectivity index (χ1n) is 7.11. The van der Waals surface area contributed by atoms with Crippen LogP contribution < -0.4 is 5.32 Å². The lowest BCUT2D eigenvalue weighted by atomic mass is 9.88. The highest BCUT2D eigenvalue weighted by Crippen LogP contribution is 2.38. The number of aliphatic hydroxyl groups is 1. The molecule has 1 aromatic carbocycles. The Morgan fingerprint density at radius 3 is 2.86 bits per heavy atom. The molecular weight excluding hydrogens is 313 g/mol. The summed E-state index contributed by atoms with van der Waals surface area (Å²) in [4.78, 5) is 12.2. The molecule has 6 heteroatoms. The lowest BCUT2D eigenvalue weighted by Gasteiger charge is -2.20. The predicted molar refractivity (Wildman–Crippen MR) is 80.4 cm³/mol. The van der Waals surface area contributed by atoms with E-state index in [-0.39, 0.29) is 30.6 Å². The summed E-state index contributed by atoms with van der Waals surface area (Å²) in [5, 5.41) is 13.8. The van der Waals surface area contributed by atoms with Gasteiger partial charge in [-0.15, -0.1) is 0 Å². The van der Waals surface area contributed by atoms with Crippen LogP contribution in [-0.2, 0) is 9.53 Å². The minimum atomic E-state index is -0.849. The van der Waals surface area contributed by atoms with Crippen LogP contribution in [-0.4, -0.2) is 29.8 Å². The number of halogens is 2. The number of nitrogens with one attached hydrogen (secondary N) is 1. The van der Waals surface area contributed by atoms with Crippen LogP contribution in [0, 0.1) is 5.92 Å². The van der Waals surface area contributed by atoms with E-state index in [1.54, 1.807) is 18.2 Å². The number of benzene rings is 1. The zero-order chi connectivity index (χ0) is 15.0. The van der Waals surface area contributed by atoms with Crippen molar-refractivity contribution in [2.45, 2.75) is 37.6 Å². The molecule has 21 heavy (non-hydrogen) atoms. The molecule has 4 atom stereocenters. The van der Waals surface area contributed by atoms with Gasteiger partial charge in [-0.05, 0) is 31.4 Å². The van der Waals surface area contributed by atoms with Crippen molar-refractivity contribution in [3.8, 4) is 0 Å². The number of carbonyl (C=O) groups excluding carboxylic acids is 1. The second-order valence-electron chi connectivity index (χ2n) is 5.64. The molecule has 0 spiro atoms. The summed E-state index contributed by atoms with van der Waals surface area (Å²) in [6.07, 6.45) is 2.23. The number of rotatable bonds is 4. The Hall–Kier alpha value is -0.810. The van der Waals surface area contributed by atoms with Gasteiger partial charge < -0.3 is 15.2 Å². The molecule has 0 saturated carbocycles. The summed E-state index contributed by atoms with van der Waals surface area (Å²) in [6.45, 7) is 0.133. The Morgan fingerprint density at radius 2 is 2.24 bits per heavy atom. The first-order chi connectivity index (χ1) is 10.0. The molecule has 0 aromatic heterocycles. The number of ether oxygens (including phenoxy) is 1. The van der Waals surface area contributed by atoms with E-state index in [1.807, 2.05) is 0 Å². The molecular formula is C15H17Cl2NO3. The van der Waals surface area contributed by atoms with Gasteiger partial charge in [-0.2, -0.15) is 0 Å². The summed E-state index contributed by atoms with van der Waals surface area (Å²) in [5.74, 6) is -0.136. The molecule has 0 aliphatic carbocycles. The monoisotopic (exact) mass is 329 g/mol. The minimum absolute atomic E-state index is 0.0475. The van der Waals surface area contributed by atoms with E-state index in [4.69, 9.17) is 27.9 Å². The van der Waals surface area contributed by atoms with Gasteiger partial charge in [0.25, 0.3) is 0 Å². The average molecular weight is 330 g/mol. The molecule has 1 aromatic rings. The normalized spacial score (nSPS) is 28.6. The molecule has 2 fully saturated rings. The van der Waals surface area contributed by atoms with Crippen LogP contribution in [0.3, 0.4) is 0 Å². The lowest BCUT2D eigenvalue weighted by molar-refractivity contribution is -0.127. The van der Waals surface area contributed by atoms with Crippen molar-refractivity contribution in [1.82, 2.24) is 5.32 Å². The predicted octanol–water partition coefficient (Wildman–Crippen LogP) is 2.71. The second-order valence-corrected chi connectivity index (χ2v) is 6.49. The van der Waals surface area contributed by atoms with Gasteiger partial charge in [-0.3, -0.25) is 4.79 Å². The Balaban J connectivity index is 1.56. The number of carbonyl (C=O) groups is 1. The molecule has 2 N–H and O–H groups in total. The highest BCUT2D eigenvalue weighted by Gasteiger charge is 2.44.